The first-order valence-corrected chi connectivity index (χ1v) is 11.6. The number of hydrazone groups is 1. The molecule has 0 radical (unpaired) electrons. The number of benzene rings is 2. The van der Waals surface area contributed by atoms with Crippen LogP contribution in [-0.2, 0) is 10.5 Å². The van der Waals surface area contributed by atoms with Gasteiger partial charge in [0.15, 0.2) is 8.68 Å². The van der Waals surface area contributed by atoms with Crippen LogP contribution in [0.5, 0.6) is 0 Å². The highest BCUT2D eigenvalue weighted by molar-refractivity contribution is 8.03. The minimum Gasteiger partial charge on any atom is -0.272 e. The zero-order valence-corrected chi connectivity index (χ0v) is 18.4. The summed E-state index contributed by atoms with van der Waals surface area (Å²) in [5.41, 5.74) is 3.88. The SMILES string of the molecule is O=C(CSc1nnc(SCc2ccccc2Cl)s1)N/N=C\c1cccc([N+](=O)[O-])c1. The molecule has 0 atom stereocenters. The van der Waals surface area contributed by atoms with Crippen LogP contribution in [0.1, 0.15) is 11.1 Å². The van der Waals surface area contributed by atoms with Crippen LogP contribution in [0.15, 0.2) is 62.3 Å². The molecule has 3 aromatic rings. The summed E-state index contributed by atoms with van der Waals surface area (Å²) in [7, 11) is 0. The summed E-state index contributed by atoms with van der Waals surface area (Å²) in [6.07, 6.45) is 1.35. The molecule has 12 heteroatoms. The van der Waals surface area contributed by atoms with Crippen LogP contribution in [0.25, 0.3) is 0 Å². The molecule has 1 heterocycles. The number of nitro groups is 1. The largest absolute Gasteiger partial charge is 0.272 e. The molecule has 2 aromatic carbocycles. The fraction of sp³-hybridized carbons (Fsp3) is 0.111. The molecule has 0 aliphatic heterocycles. The summed E-state index contributed by atoms with van der Waals surface area (Å²) < 4.78 is 1.47. The molecule has 1 amide bonds. The molecule has 8 nitrogen and oxygen atoms in total. The number of hydrogen-bond donors (Lipinski definition) is 1. The summed E-state index contributed by atoms with van der Waals surface area (Å²) in [5.74, 6) is 0.490. The van der Waals surface area contributed by atoms with Crippen LogP contribution in [0.4, 0.5) is 5.69 Å². The zero-order valence-electron chi connectivity index (χ0n) is 15.2. The number of halogens is 1. The lowest BCUT2D eigenvalue weighted by Gasteiger charge is -2.00. The molecule has 3 rings (SSSR count). The molecule has 0 bridgehead atoms. The molecule has 1 aromatic heterocycles. The van der Waals surface area contributed by atoms with Crippen molar-refractivity contribution in [3.63, 3.8) is 0 Å². The molecule has 0 fully saturated rings. The number of nitrogens with zero attached hydrogens (tertiary/aromatic N) is 4. The van der Waals surface area contributed by atoms with Gasteiger partial charge in [0.1, 0.15) is 0 Å². The van der Waals surface area contributed by atoms with Crippen molar-refractivity contribution >= 4 is 64.3 Å². The Hall–Kier alpha value is -2.47. The lowest BCUT2D eigenvalue weighted by molar-refractivity contribution is -0.384. The quantitative estimate of drug-likeness (QED) is 0.206. The van der Waals surface area contributed by atoms with E-state index in [0.29, 0.717) is 20.7 Å². The Balaban J connectivity index is 1.43. The number of hydrogen-bond acceptors (Lipinski definition) is 9. The van der Waals surface area contributed by atoms with Gasteiger partial charge < -0.3 is 0 Å². The number of carbonyl (C=O) groups is 1. The van der Waals surface area contributed by atoms with Crippen molar-refractivity contribution in [3.8, 4) is 0 Å². The predicted octanol–water partition coefficient (Wildman–Crippen LogP) is 4.63. The summed E-state index contributed by atoms with van der Waals surface area (Å²) in [4.78, 5) is 22.2. The Bertz CT molecular complexity index is 1080. The number of non-ortho nitro benzene ring substituents is 1. The molecular formula is C18H14ClN5O3S3. The highest BCUT2D eigenvalue weighted by Crippen LogP contribution is 2.32. The third-order valence-corrected chi connectivity index (χ3v) is 7.11. The van der Waals surface area contributed by atoms with Crippen LogP contribution in [0.2, 0.25) is 5.02 Å². The first-order chi connectivity index (χ1) is 14.5. The van der Waals surface area contributed by atoms with Gasteiger partial charge in [0.05, 0.1) is 16.9 Å². The minimum absolute atomic E-state index is 0.0414. The first-order valence-electron chi connectivity index (χ1n) is 8.40. The Morgan fingerprint density at radius 3 is 2.73 bits per heavy atom. The van der Waals surface area contributed by atoms with Crippen molar-refractivity contribution < 1.29 is 9.72 Å². The number of nitrogens with one attached hydrogen (secondary N) is 1. The maximum Gasteiger partial charge on any atom is 0.270 e. The van der Waals surface area contributed by atoms with Gasteiger partial charge in [-0.25, -0.2) is 5.43 Å². The molecule has 0 unspecified atom stereocenters. The molecule has 0 aliphatic rings. The Kier molecular flexibility index (Phi) is 8.20. The molecule has 1 N–H and O–H groups in total. The van der Waals surface area contributed by atoms with Crippen molar-refractivity contribution in [2.24, 2.45) is 5.10 Å². The summed E-state index contributed by atoms with van der Waals surface area (Å²) in [6.45, 7) is 0. The third-order valence-electron chi connectivity index (χ3n) is 3.51. The molecule has 0 saturated heterocycles. The minimum atomic E-state index is -0.490. The van der Waals surface area contributed by atoms with Crippen molar-refractivity contribution in [1.82, 2.24) is 15.6 Å². The van der Waals surface area contributed by atoms with Crippen LogP contribution < -0.4 is 5.43 Å². The summed E-state index contributed by atoms with van der Waals surface area (Å²) in [6, 6.07) is 13.6. The van der Waals surface area contributed by atoms with Gasteiger partial charge in [-0.2, -0.15) is 5.10 Å². The van der Waals surface area contributed by atoms with Crippen LogP contribution in [0, 0.1) is 10.1 Å². The molecule has 30 heavy (non-hydrogen) atoms. The lowest BCUT2D eigenvalue weighted by Crippen LogP contribution is -2.19. The van der Waals surface area contributed by atoms with Gasteiger partial charge in [0, 0.05) is 28.5 Å². The number of rotatable bonds is 9. The van der Waals surface area contributed by atoms with Gasteiger partial charge >= 0.3 is 0 Å². The fourth-order valence-corrected chi connectivity index (χ4v) is 5.22. The first kappa shape index (κ1) is 22.2. The van der Waals surface area contributed by atoms with E-state index in [0.717, 1.165) is 9.90 Å². The average Bonchev–Trinajstić information content (AvgIpc) is 3.20. The average molecular weight is 480 g/mol. The van der Waals surface area contributed by atoms with Crippen molar-refractivity contribution in [3.05, 3.63) is 74.8 Å². The Morgan fingerprint density at radius 1 is 1.20 bits per heavy atom. The van der Waals surface area contributed by atoms with E-state index < -0.39 is 4.92 Å². The van der Waals surface area contributed by atoms with Crippen molar-refractivity contribution in [2.75, 3.05) is 5.75 Å². The van der Waals surface area contributed by atoms with E-state index in [9.17, 15) is 14.9 Å². The van der Waals surface area contributed by atoms with Gasteiger partial charge in [0.25, 0.3) is 11.6 Å². The fourth-order valence-electron chi connectivity index (χ4n) is 2.13. The normalized spacial score (nSPS) is 11.0. The van der Waals surface area contributed by atoms with E-state index in [1.807, 2.05) is 24.3 Å². The number of carbonyl (C=O) groups excluding carboxylic acids is 1. The third kappa shape index (κ3) is 6.80. The molecule has 154 valence electrons. The molecule has 0 aliphatic carbocycles. The van der Waals surface area contributed by atoms with E-state index >= 15 is 0 Å². The number of amides is 1. The topological polar surface area (TPSA) is 110 Å². The summed E-state index contributed by atoms with van der Waals surface area (Å²) >= 11 is 10.3. The second-order valence-corrected chi connectivity index (χ2v) is 9.48. The maximum atomic E-state index is 11.9. The van der Waals surface area contributed by atoms with Crippen LogP contribution in [0.3, 0.4) is 0 Å². The number of nitro benzene ring substituents is 1. The standard InChI is InChI=1S/C18H14ClN5O3S3/c19-15-7-2-1-5-13(15)10-28-17-22-23-18(30-17)29-11-16(25)21-20-9-12-4-3-6-14(8-12)24(26)27/h1-9H,10-11H2,(H,21,25)/b20-9-. The van der Waals surface area contributed by atoms with Crippen molar-refractivity contribution in [1.29, 1.82) is 0 Å². The van der Waals surface area contributed by atoms with Crippen LogP contribution in [-0.4, -0.2) is 33.0 Å². The van der Waals surface area contributed by atoms with Gasteiger partial charge in [-0.05, 0) is 11.6 Å². The summed E-state index contributed by atoms with van der Waals surface area (Å²) in [5, 5.41) is 23.5. The molecule has 0 saturated carbocycles. The van der Waals surface area contributed by atoms with Gasteiger partial charge in [0.2, 0.25) is 0 Å². The monoisotopic (exact) mass is 479 g/mol. The van der Waals surface area contributed by atoms with Crippen molar-refractivity contribution in [2.45, 2.75) is 14.4 Å². The Morgan fingerprint density at radius 2 is 1.97 bits per heavy atom. The predicted molar refractivity (Wildman–Crippen MR) is 120 cm³/mol. The van der Waals surface area contributed by atoms with E-state index in [4.69, 9.17) is 11.6 Å². The van der Waals surface area contributed by atoms with E-state index in [1.165, 1.54) is 53.2 Å². The van der Waals surface area contributed by atoms with E-state index in [-0.39, 0.29) is 17.3 Å². The van der Waals surface area contributed by atoms with E-state index in [2.05, 4.69) is 20.7 Å². The van der Waals surface area contributed by atoms with E-state index in [1.54, 1.807) is 12.1 Å². The second kappa shape index (κ2) is 11.1. The number of thioether (sulfide) groups is 2. The maximum absolute atomic E-state index is 11.9. The smallest absolute Gasteiger partial charge is 0.270 e. The Labute approximate surface area is 189 Å². The molecule has 0 spiro atoms. The molecular weight excluding hydrogens is 466 g/mol. The zero-order chi connectivity index (χ0) is 21.3. The highest BCUT2D eigenvalue weighted by atomic mass is 35.5. The van der Waals surface area contributed by atoms with Gasteiger partial charge in [-0.1, -0.05) is 76.8 Å². The van der Waals surface area contributed by atoms with Gasteiger partial charge in [-0.15, -0.1) is 10.2 Å². The lowest BCUT2D eigenvalue weighted by atomic mass is 10.2. The second-order valence-electron chi connectivity index (χ2n) is 5.65. The van der Waals surface area contributed by atoms with Gasteiger partial charge in [-0.3, -0.25) is 14.9 Å². The number of aromatic nitrogens is 2. The van der Waals surface area contributed by atoms with Crippen LogP contribution >= 0.6 is 46.5 Å². The highest BCUT2D eigenvalue weighted by Gasteiger charge is 2.09.